The third-order valence-electron chi connectivity index (χ3n) is 5.36. The molecule has 0 radical (unpaired) electrons. The fourth-order valence-corrected chi connectivity index (χ4v) is 3.75. The number of nitrogens with zero attached hydrogens (tertiary/aromatic N) is 5. The van der Waals surface area contributed by atoms with E-state index in [1.54, 1.807) is 0 Å². The van der Waals surface area contributed by atoms with Crippen molar-refractivity contribution in [3.8, 4) is 11.4 Å². The number of carbonyl (C=O) groups excluding carboxylic acids is 1. The molecule has 1 fully saturated rings. The number of aryl methyl sites for hydroxylation is 2. The summed E-state index contributed by atoms with van der Waals surface area (Å²) in [6.45, 7) is 5.97. The summed E-state index contributed by atoms with van der Waals surface area (Å²) in [5, 5.41) is 9.76. The quantitative estimate of drug-likeness (QED) is 0.673. The van der Waals surface area contributed by atoms with E-state index in [9.17, 15) is 4.79 Å². The average molecular weight is 383 g/mol. The number of benzene rings is 1. The van der Waals surface area contributed by atoms with Gasteiger partial charge in [-0.15, -0.1) is 0 Å². The molecule has 1 saturated heterocycles. The molecule has 0 unspecified atom stereocenters. The zero-order chi connectivity index (χ0) is 19.7. The van der Waals surface area contributed by atoms with Gasteiger partial charge in [-0.05, 0) is 32.8 Å². The van der Waals surface area contributed by atoms with Gasteiger partial charge in [0.2, 0.25) is 17.6 Å². The number of amides is 1. The second-order valence-electron chi connectivity index (χ2n) is 7.19. The Morgan fingerprint density at radius 3 is 2.86 bits per heavy atom. The van der Waals surface area contributed by atoms with Crippen molar-refractivity contribution in [2.45, 2.75) is 32.6 Å². The monoisotopic (exact) mass is 383 g/mol. The summed E-state index contributed by atoms with van der Waals surface area (Å²) in [5.74, 6) is 1.46. The van der Waals surface area contributed by atoms with Gasteiger partial charge in [-0.2, -0.15) is 10.1 Å². The maximum absolute atomic E-state index is 12.1. The molecule has 1 amide bonds. The summed E-state index contributed by atoms with van der Waals surface area (Å²) in [6.07, 6.45) is 1.64. The van der Waals surface area contributed by atoms with Crippen molar-refractivity contribution in [3.63, 3.8) is 0 Å². The smallest absolute Gasteiger partial charge is 0.248 e. The number of hydrogen-bond acceptors (Lipinski definition) is 6. The zero-order valence-electron chi connectivity index (χ0n) is 16.5. The molecule has 28 heavy (non-hydrogen) atoms. The van der Waals surface area contributed by atoms with Gasteiger partial charge in [-0.1, -0.05) is 17.3 Å². The van der Waals surface area contributed by atoms with Gasteiger partial charge >= 0.3 is 0 Å². The molecule has 8 nitrogen and oxygen atoms in total. The van der Waals surface area contributed by atoms with E-state index in [2.05, 4.69) is 15.2 Å². The lowest BCUT2D eigenvalue weighted by Crippen LogP contribution is -2.40. The SMILES string of the molecule is CCOCC(=O)N1CCC(c2nc(-c3ccc4c(C)nn(C)c4c3)no2)CC1. The lowest BCUT2D eigenvalue weighted by atomic mass is 9.96. The maximum Gasteiger partial charge on any atom is 0.248 e. The Balaban J connectivity index is 1.45. The largest absolute Gasteiger partial charge is 0.372 e. The minimum atomic E-state index is 0.0475. The van der Waals surface area contributed by atoms with Crippen molar-refractivity contribution in [1.29, 1.82) is 0 Å². The molecule has 3 aromatic rings. The molecule has 3 heterocycles. The van der Waals surface area contributed by atoms with Crippen LogP contribution in [0.1, 0.15) is 37.3 Å². The molecule has 2 aromatic heterocycles. The molecule has 4 rings (SSSR count). The van der Waals surface area contributed by atoms with Gasteiger partial charge in [-0.3, -0.25) is 9.48 Å². The molecule has 0 saturated carbocycles. The van der Waals surface area contributed by atoms with E-state index in [1.807, 2.05) is 48.7 Å². The lowest BCUT2D eigenvalue weighted by Gasteiger charge is -2.30. The Morgan fingerprint density at radius 2 is 2.11 bits per heavy atom. The van der Waals surface area contributed by atoms with E-state index >= 15 is 0 Å². The van der Waals surface area contributed by atoms with Crippen molar-refractivity contribution >= 4 is 16.8 Å². The molecule has 8 heteroatoms. The van der Waals surface area contributed by atoms with Crippen molar-refractivity contribution < 1.29 is 14.1 Å². The topological polar surface area (TPSA) is 86.3 Å². The van der Waals surface area contributed by atoms with E-state index in [0.29, 0.717) is 31.4 Å². The normalized spacial score (nSPS) is 15.5. The van der Waals surface area contributed by atoms with Gasteiger partial charge in [0.15, 0.2) is 0 Å². The Kier molecular flexibility index (Phi) is 5.13. The third-order valence-corrected chi connectivity index (χ3v) is 5.36. The van der Waals surface area contributed by atoms with Crippen LogP contribution in [0.3, 0.4) is 0 Å². The van der Waals surface area contributed by atoms with Gasteiger partial charge < -0.3 is 14.2 Å². The predicted molar refractivity (Wildman–Crippen MR) is 104 cm³/mol. The summed E-state index contributed by atoms with van der Waals surface area (Å²) in [5.41, 5.74) is 2.96. The van der Waals surface area contributed by atoms with E-state index in [1.165, 1.54) is 0 Å². The number of aromatic nitrogens is 4. The number of piperidine rings is 1. The molecule has 0 spiro atoms. The van der Waals surface area contributed by atoms with E-state index in [0.717, 1.165) is 35.0 Å². The number of hydrogen-bond donors (Lipinski definition) is 0. The van der Waals surface area contributed by atoms with E-state index < -0.39 is 0 Å². The van der Waals surface area contributed by atoms with Crippen molar-refractivity contribution in [1.82, 2.24) is 24.8 Å². The fraction of sp³-hybridized carbons (Fsp3) is 0.500. The van der Waals surface area contributed by atoms with E-state index in [-0.39, 0.29) is 18.4 Å². The van der Waals surface area contributed by atoms with Crippen molar-refractivity contribution in [2.75, 3.05) is 26.3 Å². The minimum absolute atomic E-state index is 0.0475. The van der Waals surface area contributed by atoms with Crippen LogP contribution in [-0.2, 0) is 16.6 Å². The number of likely N-dealkylation sites (tertiary alicyclic amines) is 1. The van der Waals surface area contributed by atoms with Gasteiger partial charge in [-0.25, -0.2) is 0 Å². The first-order valence-corrected chi connectivity index (χ1v) is 9.69. The van der Waals surface area contributed by atoms with Crippen LogP contribution in [0.15, 0.2) is 22.7 Å². The Morgan fingerprint density at radius 1 is 1.32 bits per heavy atom. The second kappa shape index (κ2) is 7.71. The van der Waals surface area contributed by atoms with Crippen LogP contribution in [0.2, 0.25) is 0 Å². The van der Waals surface area contributed by atoms with Crippen molar-refractivity contribution in [3.05, 3.63) is 29.8 Å². The summed E-state index contributed by atoms with van der Waals surface area (Å²) in [4.78, 5) is 18.5. The zero-order valence-corrected chi connectivity index (χ0v) is 16.5. The summed E-state index contributed by atoms with van der Waals surface area (Å²) in [7, 11) is 1.93. The number of ether oxygens (including phenoxy) is 1. The van der Waals surface area contributed by atoms with Gasteiger partial charge in [0.25, 0.3) is 0 Å². The average Bonchev–Trinajstić information content (AvgIpc) is 3.31. The Hall–Kier alpha value is -2.74. The Labute approximate surface area is 163 Å². The highest BCUT2D eigenvalue weighted by atomic mass is 16.5. The maximum atomic E-state index is 12.1. The van der Waals surface area contributed by atoms with E-state index in [4.69, 9.17) is 9.26 Å². The summed E-state index contributed by atoms with van der Waals surface area (Å²) in [6, 6.07) is 6.09. The van der Waals surface area contributed by atoms with Gasteiger partial charge in [0.05, 0.1) is 11.2 Å². The molecule has 0 atom stereocenters. The van der Waals surface area contributed by atoms with Crippen LogP contribution in [-0.4, -0.2) is 57.0 Å². The van der Waals surface area contributed by atoms with Crippen LogP contribution in [0, 0.1) is 6.92 Å². The molecule has 1 aliphatic heterocycles. The highest BCUT2D eigenvalue weighted by molar-refractivity contribution is 5.85. The molecular formula is C20H25N5O3. The summed E-state index contributed by atoms with van der Waals surface area (Å²) < 4.78 is 12.6. The first-order valence-electron chi connectivity index (χ1n) is 9.69. The highest BCUT2D eigenvalue weighted by Gasteiger charge is 2.27. The molecule has 0 N–H and O–H groups in total. The molecular weight excluding hydrogens is 358 g/mol. The van der Waals surface area contributed by atoms with Crippen LogP contribution in [0.5, 0.6) is 0 Å². The first-order chi connectivity index (χ1) is 13.6. The van der Waals surface area contributed by atoms with Crippen LogP contribution in [0.25, 0.3) is 22.3 Å². The van der Waals surface area contributed by atoms with Gasteiger partial charge in [0, 0.05) is 43.6 Å². The number of rotatable bonds is 5. The predicted octanol–water partition coefficient (Wildman–Crippen LogP) is 2.67. The van der Waals surface area contributed by atoms with Crippen LogP contribution >= 0.6 is 0 Å². The van der Waals surface area contributed by atoms with Crippen LogP contribution in [0.4, 0.5) is 0 Å². The molecule has 148 valence electrons. The van der Waals surface area contributed by atoms with Crippen molar-refractivity contribution in [2.24, 2.45) is 7.05 Å². The molecule has 1 aromatic carbocycles. The fourth-order valence-electron chi connectivity index (χ4n) is 3.75. The molecule has 0 aliphatic carbocycles. The third kappa shape index (κ3) is 3.52. The first kappa shape index (κ1) is 18.6. The highest BCUT2D eigenvalue weighted by Crippen LogP contribution is 2.30. The minimum Gasteiger partial charge on any atom is -0.372 e. The Bertz CT molecular complexity index is 985. The summed E-state index contributed by atoms with van der Waals surface area (Å²) >= 11 is 0. The second-order valence-corrected chi connectivity index (χ2v) is 7.19. The molecule has 1 aliphatic rings. The number of carbonyl (C=O) groups is 1. The number of fused-ring (bicyclic) bond motifs is 1. The lowest BCUT2D eigenvalue weighted by molar-refractivity contribution is -0.137. The van der Waals surface area contributed by atoms with Crippen LogP contribution < -0.4 is 0 Å². The van der Waals surface area contributed by atoms with Gasteiger partial charge in [0.1, 0.15) is 6.61 Å². The standard InChI is InChI=1S/C20H25N5O3/c1-4-27-12-18(26)25-9-7-14(8-10-25)20-21-19(23-28-20)15-5-6-16-13(2)22-24(3)17(16)11-15/h5-6,11,14H,4,7-10,12H2,1-3H3. The molecule has 0 bridgehead atoms.